The minimum absolute atomic E-state index is 0.0787. The van der Waals surface area contributed by atoms with Crippen molar-refractivity contribution in [2.24, 2.45) is 16.8 Å². The molecule has 0 spiro atoms. The molecule has 0 amide bonds. The molecule has 1 aromatic heterocycles. The number of piperidine rings is 1. The van der Waals surface area contributed by atoms with Gasteiger partial charge in [-0.05, 0) is 30.9 Å². The Kier molecular flexibility index (Phi) is 4.57. The topological polar surface area (TPSA) is 84.0 Å². The number of aromatic nitrogens is 1. The van der Waals surface area contributed by atoms with E-state index in [4.69, 9.17) is 15.7 Å². The molecule has 0 radical (unpaired) electrons. The van der Waals surface area contributed by atoms with Crippen LogP contribution in [0, 0.1) is 5.92 Å². The molecule has 19 heavy (non-hydrogen) atoms. The minimum atomic E-state index is 0.0787. The summed E-state index contributed by atoms with van der Waals surface area (Å²) in [5, 5.41) is 11.6. The number of anilines is 1. The van der Waals surface area contributed by atoms with E-state index >= 15 is 0 Å². The van der Waals surface area contributed by atoms with Gasteiger partial charge in [-0.25, -0.2) is 4.98 Å². The number of nitrogens with two attached hydrogens (primary N) is 1. The molecule has 1 aliphatic heterocycles. The maximum atomic E-state index is 8.61. The van der Waals surface area contributed by atoms with Gasteiger partial charge >= 0.3 is 0 Å². The average Bonchev–Trinajstić information content (AvgIpc) is 2.47. The Bertz CT molecular complexity index is 431. The van der Waals surface area contributed by atoms with Crippen molar-refractivity contribution in [2.45, 2.75) is 12.8 Å². The highest BCUT2D eigenvalue weighted by molar-refractivity contribution is 5.96. The van der Waals surface area contributed by atoms with Gasteiger partial charge in [0.15, 0.2) is 5.84 Å². The largest absolute Gasteiger partial charge is 0.409 e. The minimum Gasteiger partial charge on any atom is -0.409 e. The highest BCUT2D eigenvalue weighted by Gasteiger charge is 2.20. The van der Waals surface area contributed by atoms with Gasteiger partial charge in [0.1, 0.15) is 5.82 Å². The summed E-state index contributed by atoms with van der Waals surface area (Å²) in [4.78, 5) is 6.63. The summed E-state index contributed by atoms with van der Waals surface area (Å²) in [6.07, 6.45) is 3.98. The van der Waals surface area contributed by atoms with Gasteiger partial charge in [-0.2, -0.15) is 0 Å². The molecular weight excluding hydrogens is 244 g/mol. The number of rotatable bonds is 4. The van der Waals surface area contributed by atoms with Gasteiger partial charge in [0.05, 0.1) is 6.61 Å². The first-order valence-corrected chi connectivity index (χ1v) is 6.42. The van der Waals surface area contributed by atoms with E-state index in [9.17, 15) is 0 Å². The van der Waals surface area contributed by atoms with E-state index in [-0.39, 0.29) is 5.84 Å². The van der Waals surface area contributed by atoms with Gasteiger partial charge in [-0.1, -0.05) is 5.16 Å². The molecule has 2 heterocycles. The van der Waals surface area contributed by atoms with E-state index in [0.717, 1.165) is 31.9 Å². The number of amidine groups is 1. The van der Waals surface area contributed by atoms with Gasteiger partial charge < -0.3 is 20.6 Å². The Hall–Kier alpha value is -1.82. The number of nitrogens with zero attached hydrogens (tertiary/aromatic N) is 3. The van der Waals surface area contributed by atoms with Gasteiger partial charge in [0.25, 0.3) is 0 Å². The zero-order valence-corrected chi connectivity index (χ0v) is 11.1. The Morgan fingerprint density at radius 3 is 3.11 bits per heavy atom. The lowest BCUT2D eigenvalue weighted by molar-refractivity contribution is 0.143. The van der Waals surface area contributed by atoms with E-state index in [0.29, 0.717) is 11.5 Å². The van der Waals surface area contributed by atoms with Crippen LogP contribution in [-0.2, 0) is 4.74 Å². The van der Waals surface area contributed by atoms with Crippen LogP contribution in [0.1, 0.15) is 18.4 Å². The van der Waals surface area contributed by atoms with Gasteiger partial charge in [0.2, 0.25) is 0 Å². The maximum Gasteiger partial charge on any atom is 0.171 e. The second-order valence-corrected chi connectivity index (χ2v) is 4.80. The Labute approximate surface area is 112 Å². The third-order valence-corrected chi connectivity index (χ3v) is 3.40. The molecule has 2 rings (SSSR count). The first-order valence-electron chi connectivity index (χ1n) is 6.42. The predicted octanol–water partition coefficient (Wildman–Crippen LogP) is 1.04. The monoisotopic (exact) mass is 264 g/mol. The summed E-state index contributed by atoms with van der Waals surface area (Å²) in [6, 6.07) is 3.72. The summed E-state index contributed by atoms with van der Waals surface area (Å²) < 4.78 is 5.22. The van der Waals surface area contributed by atoms with Crippen molar-refractivity contribution in [2.75, 3.05) is 31.7 Å². The third kappa shape index (κ3) is 3.35. The fraction of sp³-hybridized carbons (Fsp3) is 0.538. The van der Waals surface area contributed by atoms with Gasteiger partial charge in [0, 0.05) is 32.0 Å². The zero-order chi connectivity index (χ0) is 13.7. The predicted molar refractivity (Wildman–Crippen MR) is 73.6 cm³/mol. The van der Waals surface area contributed by atoms with Crippen LogP contribution in [0.4, 0.5) is 5.82 Å². The van der Waals surface area contributed by atoms with Crippen LogP contribution in [0.15, 0.2) is 23.5 Å². The number of hydrogen-bond acceptors (Lipinski definition) is 5. The van der Waals surface area contributed by atoms with Crippen molar-refractivity contribution in [3.05, 3.63) is 23.9 Å². The van der Waals surface area contributed by atoms with Crippen LogP contribution in [0.25, 0.3) is 0 Å². The molecule has 1 fully saturated rings. The number of ether oxygens (including phenoxy) is 1. The summed E-state index contributed by atoms with van der Waals surface area (Å²) in [7, 11) is 1.74. The van der Waals surface area contributed by atoms with E-state index in [2.05, 4.69) is 15.0 Å². The lowest BCUT2D eigenvalue weighted by Gasteiger charge is -2.33. The average molecular weight is 264 g/mol. The summed E-state index contributed by atoms with van der Waals surface area (Å²) >= 11 is 0. The van der Waals surface area contributed by atoms with Crippen LogP contribution in [0.5, 0.6) is 0 Å². The number of oxime groups is 1. The molecule has 1 unspecified atom stereocenters. The zero-order valence-electron chi connectivity index (χ0n) is 11.1. The smallest absolute Gasteiger partial charge is 0.171 e. The van der Waals surface area contributed by atoms with E-state index in [1.165, 1.54) is 6.42 Å². The molecule has 104 valence electrons. The second-order valence-electron chi connectivity index (χ2n) is 4.80. The highest BCUT2D eigenvalue weighted by atomic mass is 16.5. The lowest BCUT2D eigenvalue weighted by Crippen LogP contribution is -2.37. The molecule has 6 nitrogen and oxygen atoms in total. The maximum absolute atomic E-state index is 8.61. The number of hydrogen-bond donors (Lipinski definition) is 2. The Morgan fingerprint density at radius 1 is 1.63 bits per heavy atom. The third-order valence-electron chi connectivity index (χ3n) is 3.40. The van der Waals surface area contributed by atoms with Crippen LogP contribution >= 0.6 is 0 Å². The van der Waals surface area contributed by atoms with Crippen molar-refractivity contribution >= 4 is 11.7 Å². The van der Waals surface area contributed by atoms with Crippen molar-refractivity contribution in [1.29, 1.82) is 0 Å². The number of pyridine rings is 1. The summed E-state index contributed by atoms with van der Waals surface area (Å²) in [5.41, 5.74) is 6.14. The fourth-order valence-electron chi connectivity index (χ4n) is 2.43. The highest BCUT2D eigenvalue weighted by Crippen LogP contribution is 2.21. The lowest BCUT2D eigenvalue weighted by atomic mass is 9.99. The van der Waals surface area contributed by atoms with Crippen molar-refractivity contribution in [3.63, 3.8) is 0 Å². The summed E-state index contributed by atoms with van der Waals surface area (Å²) in [6.45, 7) is 2.76. The molecule has 1 aliphatic rings. The molecule has 0 aliphatic carbocycles. The molecular formula is C13H20N4O2. The second kappa shape index (κ2) is 6.38. The Balaban J connectivity index is 2.05. The Morgan fingerprint density at radius 2 is 2.47 bits per heavy atom. The SMILES string of the molecule is COCC1CCCN(c2ccc(/C(N)=N/O)cn2)C1. The molecule has 1 aromatic rings. The van der Waals surface area contributed by atoms with Crippen molar-refractivity contribution < 1.29 is 9.94 Å². The fourth-order valence-corrected chi connectivity index (χ4v) is 2.43. The standard InChI is InChI=1S/C13H20N4O2/c1-19-9-10-3-2-6-17(8-10)12-5-4-11(7-15-12)13(14)16-18/h4-5,7,10,18H,2-3,6,8-9H2,1H3,(H2,14,16). The van der Waals surface area contributed by atoms with E-state index in [1.54, 1.807) is 13.3 Å². The van der Waals surface area contributed by atoms with Crippen molar-refractivity contribution in [1.82, 2.24) is 4.98 Å². The van der Waals surface area contributed by atoms with Gasteiger partial charge in [-0.3, -0.25) is 0 Å². The molecule has 0 bridgehead atoms. The van der Waals surface area contributed by atoms with Crippen LogP contribution in [0.2, 0.25) is 0 Å². The van der Waals surface area contributed by atoms with Crippen LogP contribution in [0.3, 0.4) is 0 Å². The molecule has 6 heteroatoms. The van der Waals surface area contributed by atoms with E-state index in [1.807, 2.05) is 12.1 Å². The molecule has 1 saturated heterocycles. The van der Waals surface area contributed by atoms with Crippen molar-refractivity contribution in [3.8, 4) is 0 Å². The van der Waals surface area contributed by atoms with Gasteiger partial charge in [-0.15, -0.1) is 0 Å². The van der Waals surface area contributed by atoms with Crippen LogP contribution in [-0.4, -0.2) is 42.8 Å². The summed E-state index contributed by atoms with van der Waals surface area (Å²) in [5.74, 6) is 1.56. The molecule has 0 aromatic carbocycles. The molecule has 1 atom stereocenters. The normalized spacial score (nSPS) is 20.6. The van der Waals surface area contributed by atoms with E-state index < -0.39 is 0 Å². The first kappa shape index (κ1) is 13.6. The molecule has 3 N–H and O–H groups in total. The molecule has 0 saturated carbocycles. The van der Waals surface area contributed by atoms with Crippen LogP contribution < -0.4 is 10.6 Å². The number of methoxy groups -OCH3 is 1. The first-order chi connectivity index (χ1) is 9.24. The quantitative estimate of drug-likeness (QED) is 0.367.